The normalized spacial score (nSPS) is 12.7. The number of aryl methyl sites for hydroxylation is 1. The molecule has 15 heavy (non-hydrogen) atoms. The number of hydrogen-bond acceptors (Lipinski definition) is 4. The molecule has 0 fully saturated rings. The molecule has 5 heteroatoms. The first-order valence-electron chi connectivity index (χ1n) is 4.94. The lowest BCUT2D eigenvalue weighted by molar-refractivity contribution is -0.137. The van der Waals surface area contributed by atoms with Crippen LogP contribution in [0.4, 0.5) is 0 Å². The predicted molar refractivity (Wildman–Crippen MR) is 54.4 cm³/mol. The summed E-state index contributed by atoms with van der Waals surface area (Å²) < 4.78 is 5.27. The Morgan fingerprint density at radius 1 is 1.73 bits per heavy atom. The van der Waals surface area contributed by atoms with E-state index in [0.29, 0.717) is 18.9 Å². The summed E-state index contributed by atoms with van der Waals surface area (Å²) in [7, 11) is 0. The van der Waals surface area contributed by atoms with Crippen LogP contribution in [-0.2, 0) is 11.3 Å². The molecule has 1 aromatic heterocycles. The van der Waals surface area contributed by atoms with Gasteiger partial charge in [-0.3, -0.25) is 4.79 Å². The third kappa shape index (κ3) is 4.60. The predicted octanol–water partition coefficient (Wildman–Crippen LogP) is 1.33. The molecule has 0 aliphatic rings. The number of aliphatic carboxylic acids is 1. The van der Waals surface area contributed by atoms with Gasteiger partial charge in [-0.25, -0.2) is 4.98 Å². The number of nitrogens with one attached hydrogen (secondary N) is 1. The number of nitrogens with zero attached hydrogens (tertiary/aromatic N) is 1. The van der Waals surface area contributed by atoms with Gasteiger partial charge in [0.1, 0.15) is 5.76 Å². The Morgan fingerprint density at radius 2 is 2.47 bits per heavy atom. The molecule has 0 aromatic carbocycles. The molecule has 5 nitrogen and oxygen atoms in total. The molecule has 1 rings (SSSR count). The Kier molecular flexibility index (Phi) is 4.30. The second-order valence-corrected chi connectivity index (χ2v) is 3.58. The molecule has 84 valence electrons. The smallest absolute Gasteiger partial charge is 0.303 e. The molecule has 0 amide bonds. The van der Waals surface area contributed by atoms with Crippen molar-refractivity contribution in [1.82, 2.24) is 10.3 Å². The molecule has 0 spiro atoms. The second-order valence-electron chi connectivity index (χ2n) is 3.58. The number of carbonyl (C=O) groups is 1. The highest BCUT2D eigenvalue weighted by atomic mass is 16.4. The van der Waals surface area contributed by atoms with Crippen molar-refractivity contribution in [3.63, 3.8) is 0 Å². The topological polar surface area (TPSA) is 75.4 Å². The third-order valence-corrected chi connectivity index (χ3v) is 2.06. The largest absolute Gasteiger partial charge is 0.481 e. The van der Waals surface area contributed by atoms with E-state index in [1.807, 2.05) is 13.8 Å². The minimum absolute atomic E-state index is 0.147. The van der Waals surface area contributed by atoms with Crippen molar-refractivity contribution >= 4 is 5.97 Å². The van der Waals surface area contributed by atoms with E-state index in [9.17, 15) is 4.79 Å². The summed E-state index contributed by atoms with van der Waals surface area (Å²) >= 11 is 0. The van der Waals surface area contributed by atoms with E-state index in [-0.39, 0.29) is 12.5 Å². The van der Waals surface area contributed by atoms with Gasteiger partial charge in [0.2, 0.25) is 5.89 Å². The number of rotatable bonds is 6. The van der Waals surface area contributed by atoms with E-state index in [4.69, 9.17) is 9.52 Å². The summed E-state index contributed by atoms with van der Waals surface area (Å²) in [6.45, 7) is 4.32. The first-order chi connectivity index (χ1) is 7.08. The standard InChI is InChI=1S/C10H16N2O3/c1-7(3-4-10(13)14)11-6-9-12-5-8(2)15-9/h5,7,11H,3-4,6H2,1-2H3,(H,13,14). The zero-order chi connectivity index (χ0) is 11.3. The van der Waals surface area contributed by atoms with Crippen LogP contribution >= 0.6 is 0 Å². The van der Waals surface area contributed by atoms with Crippen LogP contribution in [0, 0.1) is 6.92 Å². The zero-order valence-corrected chi connectivity index (χ0v) is 8.99. The maximum Gasteiger partial charge on any atom is 0.303 e. The fourth-order valence-corrected chi connectivity index (χ4v) is 1.19. The lowest BCUT2D eigenvalue weighted by Crippen LogP contribution is -2.26. The summed E-state index contributed by atoms with van der Waals surface area (Å²) in [5.41, 5.74) is 0. The van der Waals surface area contributed by atoms with Gasteiger partial charge in [-0.15, -0.1) is 0 Å². The number of aromatic nitrogens is 1. The van der Waals surface area contributed by atoms with Crippen LogP contribution in [0.5, 0.6) is 0 Å². The van der Waals surface area contributed by atoms with Crippen molar-refractivity contribution in [3.8, 4) is 0 Å². The van der Waals surface area contributed by atoms with Gasteiger partial charge in [0, 0.05) is 12.5 Å². The van der Waals surface area contributed by atoms with Crippen LogP contribution < -0.4 is 5.32 Å². The average molecular weight is 212 g/mol. The van der Waals surface area contributed by atoms with Crippen LogP contribution in [0.25, 0.3) is 0 Å². The van der Waals surface area contributed by atoms with Gasteiger partial charge < -0.3 is 14.8 Å². The van der Waals surface area contributed by atoms with Gasteiger partial charge in [0.05, 0.1) is 12.7 Å². The van der Waals surface area contributed by atoms with Gasteiger partial charge in [0.15, 0.2) is 0 Å². The summed E-state index contributed by atoms with van der Waals surface area (Å²) in [6, 6.07) is 0.147. The van der Waals surface area contributed by atoms with Crippen LogP contribution in [0.15, 0.2) is 10.6 Å². The minimum atomic E-state index is -0.768. The monoisotopic (exact) mass is 212 g/mol. The highest BCUT2D eigenvalue weighted by Crippen LogP contribution is 2.02. The Bertz CT molecular complexity index is 322. The highest BCUT2D eigenvalue weighted by Gasteiger charge is 2.06. The average Bonchev–Trinajstić information content (AvgIpc) is 2.58. The number of oxazole rings is 1. The van der Waals surface area contributed by atoms with E-state index in [1.165, 1.54) is 0 Å². The molecule has 0 saturated heterocycles. The van der Waals surface area contributed by atoms with E-state index in [1.54, 1.807) is 6.20 Å². The quantitative estimate of drug-likeness (QED) is 0.744. The molecular weight excluding hydrogens is 196 g/mol. The van der Waals surface area contributed by atoms with Crippen molar-refractivity contribution in [2.45, 2.75) is 39.3 Å². The first-order valence-corrected chi connectivity index (χ1v) is 4.94. The summed E-state index contributed by atoms with van der Waals surface area (Å²) in [4.78, 5) is 14.4. The zero-order valence-electron chi connectivity index (χ0n) is 8.99. The van der Waals surface area contributed by atoms with Gasteiger partial charge in [0.25, 0.3) is 0 Å². The number of hydrogen-bond donors (Lipinski definition) is 2. The Hall–Kier alpha value is -1.36. The van der Waals surface area contributed by atoms with Crippen molar-refractivity contribution < 1.29 is 14.3 Å². The van der Waals surface area contributed by atoms with Gasteiger partial charge >= 0.3 is 5.97 Å². The summed E-state index contributed by atoms with van der Waals surface area (Å²) in [5.74, 6) is 0.648. The van der Waals surface area contributed by atoms with Crippen LogP contribution in [-0.4, -0.2) is 22.1 Å². The van der Waals surface area contributed by atoms with Gasteiger partial charge in [-0.1, -0.05) is 0 Å². The maximum absolute atomic E-state index is 10.3. The lowest BCUT2D eigenvalue weighted by Gasteiger charge is -2.10. The molecule has 1 heterocycles. The van der Waals surface area contributed by atoms with Crippen molar-refractivity contribution in [2.75, 3.05) is 0 Å². The summed E-state index contributed by atoms with van der Waals surface area (Å²) in [6.07, 6.45) is 2.45. The molecule has 1 aromatic rings. The van der Waals surface area contributed by atoms with Gasteiger partial charge in [-0.2, -0.15) is 0 Å². The van der Waals surface area contributed by atoms with Crippen molar-refractivity contribution in [1.29, 1.82) is 0 Å². The summed E-state index contributed by atoms with van der Waals surface area (Å²) in [5, 5.41) is 11.6. The lowest BCUT2D eigenvalue weighted by atomic mass is 10.2. The molecule has 2 N–H and O–H groups in total. The number of carboxylic acids is 1. The van der Waals surface area contributed by atoms with Gasteiger partial charge in [-0.05, 0) is 20.3 Å². The Labute approximate surface area is 88.5 Å². The molecule has 1 atom stereocenters. The fourth-order valence-electron chi connectivity index (χ4n) is 1.19. The fraction of sp³-hybridized carbons (Fsp3) is 0.600. The van der Waals surface area contributed by atoms with E-state index in [0.717, 1.165) is 5.76 Å². The van der Waals surface area contributed by atoms with Crippen LogP contribution in [0.2, 0.25) is 0 Å². The van der Waals surface area contributed by atoms with E-state index >= 15 is 0 Å². The van der Waals surface area contributed by atoms with Crippen LogP contribution in [0.3, 0.4) is 0 Å². The SMILES string of the molecule is Cc1cnc(CNC(C)CCC(=O)O)o1. The van der Waals surface area contributed by atoms with E-state index in [2.05, 4.69) is 10.3 Å². The molecule has 0 radical (unpaired) electrons. The highest BCUT2D eigenvalue weighted by molar-refractivity contribution is 5.66. The molecule has 0 aliphatic carbocycles. The molecule has 0 aliphatic heterocycles. The Balaban J connectivity index is 2.22. The minimum Gasteiger partial charge on any atom is -0.481 e. The molecule has 0 bridgehead atoms. The van der Waals surface area contributed by atoms with Crippen molar-refractivity contribution in [3.05, 3.63) is 17.8 Å². The number of carboxylic acid groups (broad SMARTS) is 1. The molecular formula is C10H16N2O3. The van der Waals surface area contributed by atoms with Crippen molar-refractivity contribution in [2.24, 2.45) is 0 Å². The first kappa shape index (κ1) is 11.7. The van der Waals surface area contributed by atoms with E-state index < -0.39 is 5.97 Å². The Morgan fingerprint density at radius 3 is 3.00 bits per heavy atom. The third-order valence-electron chi connectivity index (χ3n) is 2.06. The molecule has 0 saturated carbocycles. The molecule has 1 unspecified atom stereocenters. The maximum atomic E-state index is 10.3. The second kappa shape index (κ2) is 5.50. The van der Waals surface area contributed by atoms with Crippen LogP contribution in [0.1, 0.15) is 31.4 Å².